The molecule has 3 aromatic rings. The molecule has 160 valence electrons. The third-order valence-electron chi connectivity index (χ3n) is 7.10. The van der Waals surface area contributed by atoms with E-state index >= 15 is 0 Å². The largest absolute Gasteiger partial charge is 0.364 e. The molecule has 6 nitrogen and oxygen atoms in total. The monoisotopic (exact) mass is 433 g/mol. The van der Waals surface area contributed by atoms with Gasteiger partial charge in [0.2, 0.25) is 5.95 Å². The first-order chi connectivity index (χ1) is 14.9. The van der Waals surface area contributed by atoms with E-state index in [0.29, 0.717) is 17.1 Å². The Labute approximate surface area is 186 Å². The molecule has 5 rings (SSSR count). The minimum Gasteiger partial charge on any atom is -0.364 e. The van der Waals surface area contributed by atoms with Gasteiger partial charge in [-0.1, -0.05) is 18.2 Å². The van der Waals surface area contributed by atoms with E-state index in [1.807, 2.05) is 24.6 Å². The molecule has 0 radical (unpaired) electrons. The van der Waals surface area contributed by atoms with E-state index in [1.54, 1.807) is 11.3 Å². The number of anilines is 1. The summed E-state index contributed by atoms with van der Waals surface area (Å²) in [6, 6.07) is 6.07. The maximum atomic E-state index is 12.4. The van der Waals surface area contributed by atoms with E-state index in [9.17, 15) is 4.79 Å². The number of carbonyl (C=O) groups is 1. The van der Waals surface area contributed by atoms with E-state index in [4.69, 9.17) is 10.7 Å². The van der Waals surface area contributed by atoms with Crippen LogP contribution >= 0.6 is 11.3 Å². The molecule has 1 amide bonds. The predicted octanol–water partition coefficient (Wildman–Crippen LogP) is 4.01. The van der Waals surface area contributed by atoms with Crippen molar-refractivity contribution in [3.8, 4) is 11.1 Å². The van der Waals surface area contributed by atoms with Gasteiger partial charge in [-0.15, -0.1) is 11.3 Å². The molecule has 1 aliphatic heterocycles. The number of thiazole rings is 1. The van der Waals surface area contributed by atoms with Gasteiger partial charge in [-0.3, -0.25) is 4.79 Å². The lowest BCUT2D eigenvalue weighted by atomic mass is 9.76. The molecular formula is C24H27N5OS. The van der Waals surface area contributed by atoms with Crippen LogP contribution in [0.5, 0.6) is 0 Å². The lowest BCUT2D eigenvalue weighted by molar-refractivity contribution is 0.0996. The van der Waals surface area contributed by atoms with Gasteiger partial charge in [0.25, 0.3) is 5.91 Å². The van der Waals surface area contributed by atoms with Crippen molar-refractivity contribution < 1.29 is 4.79 Å². The zero-order valence-electron chi connectivity index (χ0n) is 18.2. The van der Waals surface area contributed by atoms with Gasteiger partial charge >= 0.3 is 0 Å². The summed E-state index contributed by atoms with van der Waals surface area (Å²) in [6.45, 7) is 7.84. The number of aromatic nitrogens is 3. The first kappa shape index (κ1) is 20.1. The number of nitrogens with two attached hydrogens (primary N) is 1. The number of nitrogens with zero attached hydrogens (tertiary/aromatic N) is 4. The van der Waals surface area contributed by atoms with Crippen molar-refractivity contribution in [3.63, 3.8) is 0 Å². The molecule has 0 bridgehead atoms. The minimum atomic E-state index is -0.512. The summed E-state index contributed by atoms with van der Waals surface area (Å²) < 4.78 is 0. The second kappa shape index (κ2) is 7.41. The van der Waals surface area contributed by atoms with Crippen LogP contribution in [0.4, 0.5) is 5.95 Å². The third-order valence-corrected chi connectivity index (χ3v) is 7.97. The Morgan fingerprint density at radius 3 is 2.61 bits per heavy atom. The Hall–Kier alpha value is -2.80. The number of amides is 1. The molecule has 0 unspecified atom stereocenters. The summed E-state index contributed by atoms with van der Waals surface area (Å²) >= 11 is 1.78. The number of carbonyl (C=O) groups excluding carboxylic acids is 1. The number of aryl methyl sites for hydroxylation is 2. The molecule has 3 heterocycles. The van der Waals surface area contributed by atoms with Crippen LogP contribution in [0.1, 0.15) is 50.7 Å². The van der Waals surface area contributed by atoms with E-state index in [0.717, 1.165) is 66.7 Å². The fourth-order valence-corrected chi connectivity index (χ4v) is 6.05. The molecule has 2 N–H and O–H groups in total. The lowest BCUT2D eigenvalue weighted by Crippen LogP contribution is -2.41. The van der Waals surface area contributed by atoms with E-state index in [2.05, 4.69) is 34.8 Å². The molecule has 1 aromatic carbocycles. The second-order valence-corrected chi connectivity index (χ2v) is 9.95. The summed E-state index contributed by atoms with van der Waals surface area (Å²) in [5, 5.41) is 0. The highest BCUT2D eigenvalue weighted by molar-refractivity contribution is 7.09. The number of fused-ring (bicyclic) bond motifs is 1. The molecule has 2 aromatic heterocycles. The first-order valence-corrected chi connectivity index (χ1v) is 11.7. The van der Waals surface area contributed by atoms with Gasteiger partial charge in [0.05, 0.1) is 16.9 Å². The minimum absolute atomic E-state index is 0.309. The van der Waals surface area contributed by atoms with Crippen LogP contribution in [0.15, 0.2) is 23.7 Å². The Balaban J connectivity index is 1.44. The van der Waals surface area contributed by atoms with Crippen LogP contribution in [0.25, 0.3) is 11.1 Å². The highest BCUT2D eigenvalue weighted by Crippen LogP contribution is 2.46. The number of hydrogen-bond donors (Lipinski definition) is 1. The molecular weight excluding hydrogens is 406 g/mol. The van der Waals surface area contributed by atoms with Gasteiger partial charge in [-0.05, 0) is 68.6 Å². The van der Waals surface area contributed by atoms with Crippen LogP contribution in [-0.2, 0) is 12.8 Å². The summed E-state index contributed by atoms with van der Waals surface area (Å²) in [6.07, 6.45) is 4.39. The zero-order valence-corrected chi connectivity index (χ0v) is 19.1. The van der Waals surface area contributed by atoms with Gasteiger partial charge < -0.3 is 10.6 Å². The van der Waals surface area contributed by atoms with E-state index in [-0.39, 0.29) is 0 Å². The summed E-state index contributed by atoms with van der Waals surface area (Å²) in [4.78, 5) is 30.1. The number of benzene rings is 1. The van der Waals surface area contributed by atoms with Crippen molar-refractivity contribution >= 4 is 23.2 Å². The number of rotatable bonds is 3. The molecule has 7 heteroatoms. The predicted molar refractivity (Wildman–Crippen MR) is 124 cm³/mol. The number of hydrogen-bond acceptors (Lipinski definition) is 6. The highest BCUT2D eigenvalue weighted by atomic mass is 32.1. The maximum Gasteiger partial charge on any atom is 0.268 e. The Morgan fingerprint density at radius 2 is 1.90 bits per heavy atom. The Morgan fingerprint density at radius 1 is 1.13 bits per heavy atom. The maximum absolute atomic E-state index is 12.4. The van der Waals surface area contributed by atoms with E-state index < -0.39 is 5.91 Å². The SMILES string of the molecule is Cc1cccc(-c2c(C)nc(N3CCC4(CC3)Cc3ncsc3C4)nc2C(N)=O)c1C. The van der Waals surface area contributed by atoms with Crippen LogP contribution in [0, 0.1) is 26.2 Å². The normalized spacial score (nSPS) is 17.2. The van der Waals surface area contributed by atoms with Crippen molar-refractivity contribution in [2.45, 2.75) is 46.5 Å². The zero-order chi connectivity index (χ0) is 21.8. The van der Waals surface area contributed by atoms with Crippen LogP contribution in [0.2, 0.25) is 0 Å². The van der Waals surface area contributed by atoms with Crippen molar-refractivity contribution in [2.75, 3.05) is 18.0 Å². The smallest absolute Gasteiger partial charge is 0.268 e. The Kier molecular flexibility index (Phi) is 4.81. The molecule has 0 atom stereocenters. The molecule has 1 spiro atoms. The van der Waals surface area contributed by atoms with Crippen LogP contribution < -0.4 is 10.6 Å². The summed E-state index contributed by atoms with van der Waals surface area (Å²) in [5.41, 5.74) is 14.5. The lowest BCUT2D eigenvalue weighted by Gasteiger charge is -2.39. The topological polar surface area (TPSA) is 85.0 Å². The van der Waals surface area contributed by atoms with Crippen molar-refractivity contribution in [2.24, 2.45) is 11.1 Å². The van der Waals surface area contributed by atoms with Gasteiger partial charge in [0.15, 0.2) is 0 Å². The molecule has 31 heavy (non-hydrogen) atoms. The number of piperidine rings is 1. The molecule has 2 aliphatic rings. The van der Waals surface area contributed by atoms with Crippen LogP contribution in [0.3, 0.4) is 0 Å². The average molecular weight is 434 g/mol. The van der Waals surface area contributed by atoms with Crippen molar-refractivity contribution in [1.82, 2.24) is 15.0 Å². The van der Waals surface area contributed by atoms with Crippen molar-refractivity contribution in [1.29, 1.82) is 0 Å². The summed E-state index contributed by atoms with van der Waals surface area (Å²) in [5.74, 6) is 0.100. The fourth-order valence-electron chi connectivity index (χ4n) is 5.10. The fraction of sp³-hybridized carbons (Fsp3) is 0.417. The number of primary amides is 1. The molecule has 1 saturated heterocycles. The summed E-state index contributed by atoms with van der Waals surface area (Å²) in [7, 11) is 0. The Bertz CT molecular complexity index is 1150. The standard InChI is InChI=1S/C24H27N5OS/c1-14-5-4-6-17(15(14)2)20-16(3)27-23(28-21(20)22(25)30)29-9-7-24(8-10-29)11-18-19(12-24)31-13-26-18/h4-6,13H,7-12H2,1-3H3,(H2,25,30). The van der Waals surface area contributed by atoms with E-state index in [1.165, 1.54) is 10.6 Å². The average Bonchev–Trinajstić information content (AvgIpc) is 3.29. The molecule has 1 fully saturated rings. The molecule has 1 aliphatic carbocycles. The second-order valence-electron chi connectivity index (χ2n) is 9.01. The van der Waals surface area contributed by atoms with Gasteiger partial charge in [-0.25, -0.2) is 15.0 Å². The molecule has 0 saturated carbocycles. The third kappa shape index (κ3) is 3.41. The van der Waals surface area contributed by atoms with Gasteiger partial charge in [0, 0.05) is 23.5 Å². The van der Waals surface area contributed by atoms with Crippen LogP contribution in [-0.4, -0.2) is 33.9 Å². The highest BCUT2D eigenvalue weighted by Gasteiger charge is 2.41. The van der Waals surface area contributed by atoms with Gasteiger partial charge in [0.1, 0.15) is 5.69 Å². The van der Waals surface area contributed by atoms with Crippen molar-refractivity contribution in [3.05, 3.63) is 56.8 Å². The first-order valence-electron chi connectivity index (χ1n) is 10.8. The van der Waals surface area contributed by atoms with Gasteiger partial charge in [-0.2, -0.15) is 0 Å². The quantitative estimate of drug-likeness (QED) is 0.675.